The van der Waals surface area contributed by atoms with Crippen molar-refractivity contribution in [3.05, 3.63) is 11.9 Å². The van der Waals surface area contributed by atoms with Crippen LogP contribution < -0.4 is 0 Å². The Bertz CT molecular complexity index is 268. The fourth-order valence-corrected chi connectivity index (χ4v) is 1.02. The van der Waals surface area contributed by atoms with E-state index in [9.17, 15) is 0 Å². The number of hydrogen-bond donors (Lipinski definition) is 0. The van der Waals surface area contributed by atoms with Crippen LogP contribution in [0.3, 0.4) is 0 Å². The molecule has 0 fully saturated rings. The van der Waals surface area contributed by atoms with Crippen LogP contribution >= 0.6 is 0 Å². The number of hydrogen-bond acceptors (Lipinski definition) is 3. The first-order valence-corrected chi connectivity index (χ1v) is 5.07. The van der Waals surface area contributed by atoms with E-state index in [0.717, 1.165) is 12.3 Å². The van der Waals surface area contributed by atoms with Crippen molar-refractivity contribution in [2.24, 2.45) is 5.92 Å². The first-order chi connectivity index (χ1) is 6.59. The van der Waals surface area contributed by atoms with Crippen LogP contribution in [0.1, 0.15) is 39.3 Å². The highest BCUT2D eigenvalue weighted by molar-refractivity contribution is 4.97. The van der Waals surface area contributed by atoms with Crippen molar-refractivity contribution >= 4 is 0 Å². The molecule has 0 saturated carbocycles. The van der Waals surface area contributed by atoms with Crippen LogP contribution in [0.2, 0.25) is 0 Å². The van der Waals surface area contributed by atoms with Crippen molar-refractivity contribution < 1.29 is 4.74 Å². The Morgan fingerprint density at radius 2 is 2.07 bits per heavy atom. The van der Waals surface area contributed by atoms with E-state index in [-0.39, 0.29) is 0 Å². The molecule has 0 amide bonds. The quantitative estimate of drug-likeness (QED) is 0.725. The molecule has 4 heteroatoms. The Morgan fingerprint density at radius 1 is 1.36 bits per heavy atom. The lowest BCUT2D eigenvalue weighted by atomic mass is 10.2. The Balaban J connectivity index is 2.36. The smallest absolute Gasteiger partial charge is 0.141 e. The number of aromatic nitrogens is 3. The van der Waals surface area contributed by atoms with Crippen LogP contribution in [0.5, 0.6) is 0 Å². The maximum Gasteiger partial charge on any atom is 0.141 e. The summed E-state index contributed by atoms with van der Waals surface area (Å²) in [5.74, 6) is 0.983. The lowest BCUT2D eigenvalue weighted by Gasteiger charge is -2.05. The average Bonchev–Trinajstić information content (AvgIpc) is 2.52. The van der Waals surface area contributed by atoms with Crippen LogP contribution in [0.25, 0.3) is 0 Å². The minimum absolute atomic E-state index is 0.425. The molecule has 0 unspecified atom stereocenters. The molecule has 1 rings (SSSR count). The molecule has 1 aromatic rings. The molecule has 80 valence electrons. The van der Waals surface area contributed by atoms with Gasteiger partial charge in [0.05, 0.1) is 18.5 Å². The van der Waals surface area contributed by atoms with Gasteiger partial charge >= 0.3 is 0 Å². The van der Waals surface area contributed by atoms with E-state index in [4.69, 9.17) is 4.74 Å². The molecule has 1 aromatic heterocycles. The first kappa shape index (κ1) is 11.2. The highest BCUT2D eigenvalue weighted by Gasteiger charge is 2.04. The van der Waals surface area contributed by atoms with Crippen LogP contribution in [-0.4, -0.2) is 21.6 Å². The molecule has 1 heterocycles. The normalized spacial score (nSPS) is 11.6. The van der Waals surface area contributed by atoms with E-state index < -0.39 is 0 Å². The zero-order chi connectivity index (χ0) is 10.6. The summed E-state index contributed by atoms with van der Waals surface area (Å²) in [6.45, 7) is 9.71. The summed E-state index contributed by atoms with van der Waals surface area (Å²) in [4.78, 5) is 0. The van der Waals surface area contributed by atoms with E-state index in [0.29, 0.717) is 18.6 Å². The van der Waals surface area contributed by atoms with Crippen LogP contribution in [-0.2, 0) is 11.5 Å². The molecule has 0 aromatic carbocycles. The molecule has 0 aliphatic carbocycles. The largest absolute Gasteiger partial charge is 0.359 e. The van der Waals surface area contributed by atoms with Crippen molar-refractivity contribution in [2.75, 3.05) is 6.61 Å². The molecule has 14 heavy (non-hydrogen) atoms. The molecule has 0 radical (unpaired) electrons. The van der Waals surface area contributed by atoms with Gasteiger partial charge in [-0.3, -0.25) is 0 Å². The van der Waals surface area contributed by atoms with Crippen molar-refractivity contribution in [3.63, 3.8) is 0 Å². The van der Waals surface area contributed by atoms with Gasteiger partial charge in [0.2, 0.25) is 0 Å². The summed E-state index contributed by atoms with van der Waals surface area (Å²) in [6, 6.07) is 0. The predicted octanol–water partition coefficient (Wildman–Crippen LogP) is 2.03. The second kappa shape index (κ2) is 5.10. The molecule has 0 spiro atoms. The van der Waals surface area contributed by atoms with E-state index in [2.05, 4.69) is 38.0 Å². The minimum atomic E-state index is 0.425. The number of nitrogens with zero attached hydrogens (tertiary/aromatic N) is 3. The fraction of sp³-hybridized carbons (Fsp3) is 0.800. The van der Waals surface area contributed by atoms with E-state index in [1.54, 1.807) is 4.68 Å². The lowest BCUT2D eigenvalue weighted by Crippen LogP contribution is -2.07. The van der Waals surface area contributed by atoms with Gasteiger partial charge in [0.1, 0.15) is 6.73 Å². The Labute approximate surface area is 85.3 Å². The van der Waals surface area contributed by atoms with E-state index in [1.807, 2.05) is 6.20 Å². The van der Waals surface area contributed by atoms with Gasteiger partial charge < -0.3 is 4.74 Å². The number of rotatable bonds is 5. The fourth-order valence-electron chi connectivity index (χ4n) is 1.02. The van der Waals surface area contributed by atoms with Gasteiger partial charge in [0.25, 0.3) is 0 Å². The lowest BCUT2D eigenvalue weighted by molar-refractivity contribution is 0.0494. The Morgan fingerprint density at radius 3 is 2.57 bits per heavy atom. The highest BCUT2D eigenvalue weighted by atomic mass is 16.5. The van der Waals surface area contributed by atoms with Gasteiger partial charge in [0.15, 0.2) is 0 Å². The van der Waals surface area contributed by atoms with Gasteiger partial charge in [-0.1, -0.05) is 32.9 Å². The Hall–Kier alpha value is -0.900. The molecule has 4 nitrogen and oxygen atoms in total. The van der Waals surface area contributed by atoms with Gasteiger partial charge in [-0.15, -0.1) is 5.10 Å². The predicted molar refractivity (Wildman–Crippen MR) is 54.9 cm³/mol. The molecular formula is C10H19N3O. The SMILES string of the molecule is CC(C)COCn1cc(C(C)C)nn1. The molecular weight excluding hydrogens is 178 g/mol. The molecule has 0 saturated heterocycles. The summed E-state index contributed by atoms with van der Waals surface area (Å²) in [7, 11) is 0. The minimum Gasteiger partial charge on any atom is -0.359 e. The van der Waals surface area contributed by atoms with Crippen molar-refractivity contribution in [1.29, 1.82) is 0 Å². The first-order valence-electron chi connectivity index (χ1n) is 5.07. The molecule has 0 N–H and O–H groups in total. The van der Waals surface area contributed by atoms with Crippen molar-refractivity contribution in [2.45, 2.75) is 40.3 Å². The molecule has 0 aliphatic heterocycles. The summed E-state index contributed by atoms with van der Waals surface area (Å²) < 4.78 is 7.17. The maximum absolute atomic E-state index is 5.43. The second-order valence-corrected chi connectivity index (χ2v) is 4.23. The van der Waals surface area contributed by atoms with Gasteiger partial charge in [-0.25, -0.2) is 4.68 Å². The standard InChI is InChI=1S/C10H19N3O/c1-8(2)6-14-7-13-5-10(9(3)4)11-12-13/h5,8-9H,6-7H2,1-4H3. The monoisotopic (exact) mass is 197 g/mol. The second-order valence-electron chi connectivity index (χ2n) is 4.23. The van der Waals surface area contributed by atoms with Gasteiger partial charge in [-0.2, -0.15) is 0 Å². The van der Waals surface area contributed by atoms with E-state index >= 15 is 0 Å². The summed E-state index contributed by atoms with van der Waals surface area (Å²) in [5.41, 5.74) is 1.01. The van der Waals surface area contributed by atoms with Crippen molar-refractivity contribution in [3.8, 4) is 0 Å². The third-order valence-electron chi connectivity index (χ3n) is 1.82. The summed E-state index contributed by atoms with van der Waals surface area (Å²) >= 11 is 0. The zero-order valence-corrected chi connectivity index (χ0v) is 9.40. The Kier molecular flexibility index (Phi) is 4.07. The maximum atomic E-state index is 5.43. The van der Waals surface area contributed by atoms with Gasteiger partial charge in [0, 0.05) is 0 Å². The molecule has 0 bridgehead atoms. The average molecular weight is 197 g/mol. The highest BCUT2D eigenvalue weighted by Crippen LogP contribution is 2.08. The van der Waals surface area contributed by atoms with Crippen molar-refractivity contribution in [1.82, 2.24) is 15.0 Å². The molecule has 0 atom stereocenters. The molecule has 0 aliphatic rings. The van der Waals surface area contributed by atoms with Crippen LogP contribution in [0.4, 0.5) is 0 Å². The topological polar surface area (TPSA) is 39.9 Å². The van der Waals surface area contributed by atoms with E-state index in [1.165, 1.54) is 0 Å². The number of ether oxygens (including phenoxy) is 1. The van der Waals surface area contributed by atoms with Crippen LogP contribution in [0.15, 0.2) is 6.20 Å². The van der Waals surface area contributed by atoms with Gasteiger partial charge in [-0.05, 0) is 11.8 Å². The third-order valence-corrected chi connectivity index (χ3v) is 1.82. The van der Waals surface area contributed by atoms with Crippen LogP contribution in [0, 0.1) is 5.92 Å². The summed E-state index contributed by atoms with van der Waals surface area (Å²) in [5, 5.41) is 8.02. The summed E-state index contributed by atoms with van der Waals surface area (Å²) in [6.07, 6.45) is 1.94. The third kappa shape index (κ3) is 3.46. The zero-order valence-electron chi connectivity index (χ0n) is 9.40.